The molecule has 1 heterocycles. The van der Waals surface area contributed by atoms with Gasteiger partial charge in [0.05, 0.1) is 13.1 Å². The van der Waals surface area contributed by atoms with Crippen molar-refractivity contribution >= 4 is 44.2 Å². The summed E-state index contributed by atoms with van der Waals surface area (Å²) in [4.78, 5) is 27.9. The van der Waals surface area contributed by atoms with E-state index in [1.165, 1.54) is 22.5 Å². The predicted octanol–water partition coefficient (Wildman–Crippen LogP) is 1.82. The molecule has 0 radical (unpaired) electrons. The molecule has 122 valence electrons. The van der Waals surface area contributed by atoms with Crippen LogP contribution in [0.25, 0.3) is 0 Å². The molecule has 0 aliphatic rings. The lowest BCUT2D eigenvalue weighted by molar-refractivity contribution is -0.123. The minimum absolute atomic E-state index is 0.114. The van der Waals surface area contributed by atoms with E-state index in [2.05, 4.69) is 43.7 Å². The monoisotopic (exact) mass is 396 g/mol. The molecule has 2 amide bonds. The zero-order valence-electron chi connectivity index (χ0n) is 12.6. The van der Waals surface area contributed by atoms with Crippen molar-refractivity contribution in [1.82, 2.24) is 10.3 Å². The molecule has 2 aromatic rings. The number of aromatic nitrogens is 1. The van der Waals surface area contributed by atoms with Gasteiger partial charge in [-0.15, -0.1) is 11.3 Å². The van der Waals surface area contributed by atoms with Crippen molar-refractivity contribution < 1.29 is 9.59 Å². The standard InChI is InChI=1S/C15H17BrN4O2S/c1-9-4-10(2-3-12(9)16)5-11-7-19-15(23-11)20-14(22)8-18-13(21)6-17/h2-4,7H,5-6,8,17H2,1H3,(H,18,21)(H,19,20,22). The summed E-state index contributed by atoms with van der Waals surface area (Å²) in [6.07, 6.45) is 2.50. The van der Waals surface area contributed by atoms with Crippen LogP contribution in [0.5, 0.6) is 0 Å². The molecule has 0 saturated heterocycles. The number of carbonyl (C=O) groups is 2. The van der Waals surface area contributed by atoms with Gasteiger partial charge in [0.25, 0.3) is 0 Å². The molecular formula is C15H17BrN4O2S. The van der Waals surface area contributed by atoms with Crippen LogP contribution in [0.3, 0.4) is 0 Å². The summed E-state index contributed by atoms with van der Waals surface area (Å²) in [5, 5.41) is 5.58. The minimum Gasteiger partial charge on any atom is -0.346 e. The van der Waals surface area contributed by atoms with Crippen LogP contribution in [0, 0.1) is 6.92 Å². The molecule has 0 saturated carbocycles. The molecule has 0 aliphatic heterocycles. The number of nitrogens with one attached hydrogen (secondary N) is 2. The molecule has 6 nitrogen and oxygen atoms in total. The minimum atomic E-state index is -0.370. The summed E-state index contributed by atoms with van der Waals surface area (Å²) in [7, 11) is 0. The van der Waals surface area contributed by atoms with Crippen LogP contribution in [0.4, 0.5) is 5.13 Å². The molecule has 1 aromatic carbocycles. The fraction of sp³-hybridized carbons (Fsp3) is 0.267. The van der Waals surface area contributed by atoms with Crippen LogP contribution >= 0.6 is 27.3 Å². The Kier molecular flexibility index (Phi) is 6.26. The maximum atomic E-state index is 11.7. The lowest BCUT2D eigenvalue weighted by atomic mass is 10.1. The van der Waals surface area contributed by atoms with Gasteiger partial charge >= 0.3 is 0 Å². The number of nitrogens with zero attached hydrogens (tertiary/aromatic N) is 1. The number of benzene rings is 1. The number of thiazole rings is 1. The third-order valence-electron chi connectivity index (χ3n) is 3.03. The Bertz CT molecular complexity index is 717. The van der Waals surface area contributed by atoms with E-state index in [0.29, 0.717) is 5.13 Å². The Balaban J connectivity index is 1.91. The first-order chi connectivity index (χ1) is 11.0. The van der Waals surface area contributed by atoms with Gasteiger partial charge in [-0.05, 0) is 24.1 Å². The van der Waals surface area contributed by atoms with E-state index in [-0.39, 0.29) is 24.9 Å². The molecule has 4 N–H and O–H groups in total. The predicted molar refractivity (Wildman–Crippen MR) is 94.5 cm³/mol. The number of halogens is 1. The molecular weight excluding hydrogens is 380 g/mol. The van der Waals surface area contributed by atoms with Gasteiger partial charge < -0.3 is 16.4 Å². The molecule has 1 aromatic heterocycles. The molecule has 23 heavy (non-hydrogen) atoms. The smallest absolute Gasteiger partial charge is 0.245 e. The average Bonchev–Trinajstić information content (AvgIpc) is 2.95. The quantitative estimate of drug-likeness (QED) is 0.693. The van der Waals surface area contributed by atoms with Crippen molar-refractivity contribution in [2.75, 3.05) is 18.4 Å². The maximum absolute atomic E-state index is 11.7. The number of nitrogens with two attached hydrogens (primary N) is 1. The number of carbonyl (C=O) groups excluding carboxylic acids is 2. The number of aryl methyl sites for hydroxylation is 1. The first-order valence-corrected chi connectivity index (χ1v) is 8.55. The second-order valence-corrected chi connectivity index (χ2v) is 6.89. The molecule has 0 unspecified atom stereocenters. The summed E-state index contributed by atoms with van der Waals surface area (Å²) in [6, 6.07) is 6.19. The summed E-state index contributed by atoms with van der Waals surface area (Å²) in [5.74, 6) is -0.697. The molecule has 2 rings (SSSR count). The van der Waals surface area contributed by atoms with Gasteiger partial charge in [0, 0.05) is 22.0 Å². The zero-order valence-corrected chi connectivity index (χ0v) is 15.0. The van der Waals surface area contributed by atoms with Gasteiger partial charge in [-0.25, -0.2) is 4.98 Å². The average molecular weight is 397 g/mol. The Hall–Kier alpha value is -1.77. The Labute approximate surface area is 146 Å². The SMILES string of the molecule is Cc1cc(Cc2cnc(NC(=O)CNC(=O)CN)s2)ccc1Br. The van der Waals surface area contributed by atoms with Gasteiger partial charge in [-0.3, -0.25) is 9.59 Å². The summed E-state index contributed by atoms with van der Waals surface area (Å²) >= 11 is 4.90. The highest BCUT2D eigenvalue weighted by atomic mass is 79.9. The molecule has 0 fully saturated rings. The largest absolute Gasteiger partial charge is 0.346 e. The second-order valence-electron chi connectivity index (χ2n) is 4.92. The number of amides is 2. The van der Waals surface area contributed by atoms with Crippen LogP contribution in [0.1, 0.15) is 16.0 Å². The van der Waals surface area contributed by atoms with Crippen LogP contribution in [0.2, 0.25) is 0 Å². The van der Waals surface area contributed by atoms with E-state index in [0.717, 1.165) is 15.8 Å². The highest BCUT2D eigenvalue weighted by Crippen LogP contribution is 2.23. The maximum Gasteiger partial charge on any atom is 0.245 e. The Morgan fingerprint density at radius 3 is 2.83 bits per heavy atom. The lowest BCUT2D eigenvalue weighted by Crippen LogP contribution is -2.36. The van der Waals surface area contributed by atoms with E-state index in [4.69, 9.17) is 5.73 Å². The number of hydrogen-bond acceptors (Lipinski definition) is 5. The van der Waals surface area contributed by atoms with Gasteiger partial charge in [-0.2, -0.15) is 0 Å². The Morgan fingerprint density at radius 2 is 2.13 bits per heavy atom. The molecule has 0 aliphatic carbocycles. The summed E-state index contributed by atoms with van der Waals surface area (Å²) in [6.45, 7) is 1.79. The molecule has 0 atom stereocenters. The van der Waals surface area contributed by atoms with E-state index in [1.54, 1.807) is 6.20 Å². The van der Waals surface area contributed by atoms with Crippen LogP contribution in [-0.4, -0.2) is 29.9 Å². The summed E-state index contributed by atoms with van der Waals surface area (Å²) < 4.78 is 1.08. The van der Waals surface area contributed by atoms with Crippen molar-refractivity contribution in [3.05, 3.63) is 44.9 Å². The first kappa shape index (κ1) is 17.6. The number of anilines is 1. The van der Waals surface area contributed by atoms with Gasteiger partial charge in [0.1, 0.15) is 0 Å². The molecule has 0 bridgehead atoms. The van der Waals surface area contributed by atoms with Crippen molar-refractivity contribution in [2.24, 2.45) is 5.73 Å². The highest BCUT2D eigenvalue weighted by molar-refractivity contribution is 9.10. The van der Waals surface area contributed by atoms with Crippen molar-refractivity contribution in [3.63, 3.8) is 0 Å². The number of rotatable bonds is 6. The van der Waals surface area contributed by atoms with E-state index in [9.17, 15) is 9.59 Å². The topological polar surface area (TPSA) is 97.1 Å². The highest BCUT2D eigenvalue weighted by Gasteiger charge is 2.09. The lowest BCUT2D eigenvalue weighted by Gasteiger charge is -2.03. The first-order valence-electron chi connectivity index (χ1n) is 6.94. The van der Waals surface area contributed by atoms with Crippen LogP contribution < -0.4 is 16.4 Å². The zero-order chi connectivity index (χ0) is 16.8. The van der Waals surface area contributed by atoms with E-state index in [1.807, 2.05) is 13.0 Å². The van der Waals surface area contributed by atoms with E-state index < -0.39 is 0 Å². The van der Waals surface area contributed by atoms with Crippen LogP contribution in [0.15, 0.2) is 28.9 Å². The third kappa shape index (κ3) is 5.42. The van der Waals surface area contributed by atoms with E-state index >= 15 is 0 Å². The number of hydrogen-bond donors (Lipinski definition) is 3. The Morgan fingerprint density at radius 1 is 1.35 bits per heavy atom. The second kappa shape index (κ2) is 8.19. The normalized spacial score (nSPS) is 10.4. The van der Waals surface area contributed by atoms with Gasteiger partial charge in [0.15, 0.2) is 5.13 Å². The van der Waals surface area contributed by atoms with Crippen molar-refractivity contribution in [1.29, 1.82) is 0 Å². The molecule has 0 spiro atoms. The van der Waals surface area contributed by atoms with Crippen molar-refractivity contribution in [3.8, 4) is 0 Å². The summed E-state index contributed by atoms with van der Waals surface area (Å²) in [5.41, 5.74) is 7.51. The third-order valence-corrected chi connectivity index (χ3v) is 4.83. The molecule has 8 heteroatoms. The van der Waals surface area contributed by atoms with Crippen LogP contribution in [-0.2, 0) is 16.0 Å². The fourth-order valence-electron chi connectivity index (χ4n) is 1.88. The van der Waals surface area contributed by atoms with Crippen molar-refractivity contribution in [2.45, 2.75) is 13.3 Å². The fourth-order valence-corrected chi connectivity index (χ4v) is 2.99. The van der Waals surface area contributed by atoms with Gasteiger partial charge in [0.2, 0.25) is 11.8 Å². The van der Waals surface area contributed by atoms with Gasteiger partial charge in [-0.1, -0.05) is 28.1 Å².